The van der Waals surface area contributed by atoms with E-state index < -0.39 is 16.2 Å². The normalized spacial score (nSPS) is 13.9. The Morgan fingerprint density at radius 1 is 1.03 bits per heavy atom. The lowest BCUT2D eigenvalue weighted by Crippen LogP contribution is -2.29. The van der Waals surface area contributed by atoms with Gasteiger partial charge in [-0.1, -0.05) is 37.6 Å². The maximum Gasteiger partial charge on any atom is 0.264 e. The lowest BCUT2D eigenvalue weighted by molar-refractivity contribution is 0.460. The fraction of sp³-hybridized carbons (Fsp3) is 0.261. The fourth-order valence-corrected chi connectivity index (χ4v) is 4.37. The van der Waals surface area contributed by atoms with Crippen molar-refractivity contribution in [2.75, 3.05) is 10.7 Å². The summed E-state index contributed by atoms with van der Waals surface area (Å²) in [5.74, 6) is 1.04. The fourth-order valence-electron chi connectivity index (χ4n) is 3.85. The van der Waals surface area contributed by atoms with Gasteiger partial charge in [-0.2, -0.15) is 8.42 Å². The highest BCUT2D eigenvalue weighted by atomic mass is 32.2. The summed E-state index contributed by atoms with van der Waals surface area (Å²) in [5.41, 5.74) is 3.61. The van der Waals surface area contributed by atoms with Gasteiger partial charge in [0.05, 0.1) is 28.9 Å². The molecule has 0 bridgehead atoms. The van der Waals surface area contributed by atoms with E-state index in [0.717, 1.165) is 29.9 Å². The molecule has 30 heavy (non-hydrogen) atoms. The number of benzene rings is 2. The van der Waals surface area contributed by atoms with Crippen molar-refractivity contribution in [3.8, 4) is 11.5 Å². The summed E-state index contributed by atoms with van der Waals surface area (Å²) >= 11 is 0. The number of aromatic nitrogens is 1. The molecule has 3 aromatic rings. The summed E-state index contributed by atoms with van der Waals surface area (Å²) < 4.78 is 38.7. The van der Waals surface area contributed by atoms with Gasteiger partial charge in [0.1, 0.15) is 0 Å². The van der Waals surface area contributed by atoms with E-state index in [2.05, 4.69) is 28.9 Å². The second kappa shape index (κ2) is 8.45. The Bertz CT molecular complexity index is 1130. The molecule has 0 amide bonds. The SMILES string of the molecule is CCCc1ccc2c(c1)N(C(CCS(=O)(=O)O)c1ccccn1)c1ccccc1O2. The summed E-state index contributed by atoms with van der Waals surface area (Å²) in [7, 11) is -4.12. The van der Waals surface area contributed by atoms with Crippen LogP contribution in [-0.4, -0.2) is 23.7 Å². The molecule has 0 saturated heterocycles. The first-order valence-electron chi connectivity index (χ1n) is 10.0. The Morgan fingerprint density at radius 2 is 1.80 bits per heavy atom. The van der Waals surface area contributed by atoms with Crippen LogP contribution in [-0.2, 0) is 16.5 Å². The smallest absolute Gasteiger partial charge is 0.264 e. The molecule has 2 aromatic carbocycles. The first-order valence-corrected chi connectivity index (χ1v) is 11.6. The van der Waals surface area contributed by atoms with E-state index in [4.69, 9.17) is 4.74 Å². The Balaban J connectivity index is 1.87. The van der Waals surface area contributed by atoms with Crippen LogP contribution in [0.4, 0.5) is 11.4 Å². The number of rotatable bonds is 7. The van der Waals surface area contributed by atoms with Gasteiger partial charge in [-0.05, 0) is 54.8 Å². The van der Waals surface area contributed by atoms with Gasteiger partial charge in [-0.3, -0.25) is 9.54 Å². The molecule has 1 atom stereocenters. The number of para-hydroxylation sites is 2. The van der Waals surface area contributed by atoms with Gasteiger partial charge in [0, 0.05) is 6.20 Å². The Hall–Kier alpha value is -2.90. The van der Waals surface area contributed by atoms with Crippen LogP contribution < -0.4 is 9.64 Å². The molecule has 1 aliphatic rings. The minimum absolute atomic E-state index is 0.182. The van der Waals surface area contributed by atoms with E-state index in [1.807, 2.05) is 48.5 Å². The van der Waals surface area contributed by atoms with E-state index in [9.17, 15) is 13.0 Å². The molecule has 0 radical (unpaired) electrons. The Labute approximate surface area is 176 Å². The number of fused-ring (bicyclic) bond motifs is 2. The number of hydrogen-bond donors (Lipinski definition) is 1. The summed E-state index contributed by atoms with van der Waals surface area (Å²) in [4.78, 5) is 6.58. The molecule has 1 unspecified atom stereocenters. The first kappa shape index (κ1) is 20.4. The number of aryl methyl sites for hydroxylation is 1. The summed E-state index contributed by atoms with van der Waals surface area (Å²) in [5, 5.41) is 0. The molecule has 0 saturated carbocycles. The van der Waals surface area contributed by atoms with Crippen LogP contribution in [0.1, 0.15) is 37.1 Å². The molecule has 0 aliphatic carbocycles. The minimum Gasteiger partial charge on any atom is -0.453 e. The molecule has 7 heteroatoms. The first-order chi connectivity index (χ1) is 14.5. The third-order valence-corrected chi connectivity index (χ3v) is 5.91. The molecule has 1 N–H and O–H groups in total. The van der Waals surface area contributed by atoms with Gasteiger partial charge in [0.25, 0.3) is 10.1 Å². The number of nitrogens with zero attached hydrogens (tertiary/aromatic N) is 2. The highest BCUT2D eigenvalue weighted by molar-refractivity contribution is 7.85. The lowest BCUT2D eigenvalue weighted by Gasteiger charge is -2.38. The predicted octanol–water partition coefficient (Wildman–Crippen LogP) is 5.30. The van der Waals surface area contributed by atoms with Crippen molar-refractivity contribution in [2.24, 2.45) is 0 Å². The van der Waals surface area contributed by atoms with Crippen LogP contribution in [0.2, 0.25) is 0 Å². The van der Waals surface area contributed by atoms with E-state index in [1.165, 1.54) is 5.56 Å². The minimum atomic E-state index is -4.12. The maximum absolute atomic E-state index is 11.6. The quantitative estimate of drug-likeness (QED) is 0.519. The molecule has 156 valence electrons. The van der Waals surface area contributed by atoms with Crippen LogP contribution in [0.3, 0.4) is 0 Å². The summed E-state index contributed by atoms with van der Waals surface area (Å²) in [6, 6.07) is 19.0. The van der Waals surface area contributed by atoms with Crippen LogP contribution in [0.15, 0.2) is 66.9 Å². The van der Waals surface area contributed by atoms with Crippen molar-refractivity contribution < 1.29 is 17.7 Å². The van der Waals surface area contributed by atoms with Crippen LogP contribution in [0.5, 0.6) is 11.5 Å². The van der Waals surface area contributed by atoms with Gasteiger partial charge in [0.15, 0.2) is 11.5 Å². The number of ether oxygens (including phenoxy) is 1. The van der Waals surface area contributed by atoms with Crippen molar-refractivity contribution in [1.82, 2.24) is 4.98 Å². The van der Waals surface area contributed by atoms with Crippen molar-refractivity contribution in [2.45, 2.75) is 32.2 Å². The van der Waals surface area contributed by atoms with E-state index in [0.29, 0.717) is 11.5 Å². The highest BCUT2D eigenvalue weighted by Gasteiger charge is 2.32. The predicted molar refractivity (Wildman–Crippen MR) is 117 cm³/mol. The molecular formula is C23H24N2O4S. The van der Waals surface area contributed by atoms with Crippen molar-refractivity contribution in [3.05, 3.63) is 78.1 Å². The number of hydrogen-bond acceptors (Lipinski definition) is 5. The summed E-state index contributed by atoms with van der Waals surface area (Å²) in [6.45, 7) is 2.13. The second-order valence-corrected chi connectivity index (χ2v) is 8.91. The zero-order valence-corrected chi connectivity index (χ0v) is 17.5. The van der Waals surface area contributed by atoms with Crippen molar-refractivity contribution >= 4 is 21.5 Å². The zero-order valence-electron chi connectivity index (χ0n) is 16.7. The van der Waals surface area contributed by atoms with Crippen LogP contribution in [0.25, 0.3) is 0 Å². The molecule has 4 rings (SSSR count). The molecule has 1 aromatic heterocycles. The molecule has 1 aliphatic heterocycles. The molecule has 6 nitrogen and oxygen atoms in total. The molecule has 0 spiro atoms. The third kappa shape index (κ3) is 4.32. The zero-order chi connectivity index (χ0) is 21.1. The highest BCUT2D eigenvalue weighted by Crippen LogP contribution is 2.51. The average Bonchev–Trinajstić information content (AvgIpc) is 2.73. The summed E-state index contributed by atoms with van der Waals surface area (Å²) in [6.07, 6.45) is 3.82. The molecule has 0 fully saturated rings. The Morgan fingerprint density at radius 3 is 2.53 bits per heavy atom. The van der Waals surface area contributed by atoms with Crippen molar-refractivity contribution in [1.29, 1.82) is 0 Å². The molecule has 2 heterocycles. The standard InChI is InChI=1S/C23H24N2O4S/c1-2-7-17-11-12-23-21(16-17)25(20-9-3-4-10-22(20)29-23)19(13-15-30(26,27)28)18-8-5-6-14-24-18/h3-6,8-12,14,16,19H,2,7,13,15H2,1H3,(H,26,27,28). The van der Waals surface area contributed by atoms with Crippen molar-refractivity contribution in [3.63, 3.8) is 0 Å². The van der Waals surface area contributed by atoms with Gasteiger partial charge < -0.3 is 9.64 Å². The van der Waals surface area contributed by atoms with E-state index in [-0.39, 0.29) is 12.2 Å². The van der Waals surface area contributed by atoms with Crippen LogP contribution >= 0.6 is 0 Å². The van der Waals surface area contributed by atoms with Gasteiger partial charge in [0.2, 0.25) is 0 Å². The maximum atomic E-state index is 11.6. The largest absolute Gasteiger partial charge is 0.453 e. The molecular weight excluding hydrogens is 400 g/mol. The topological polar surface area (TPSA) is 79.7 Å². The monoisotopic (exact) mass is 424 g/mol. The van der Waals surface area contributed by atoms with E-state index >= 15 is 0 Å². The van der Waals surface area contributed by atoms with Crippen LogP contribution in [0, 0.1) is 0 Å². The lowest BCUT2D eigenvalue weighted by atomic mass is 10.0. The third-order valence-electron chi connectivity index (χ3n) is 5.16. The number of anilines is 2. The second-order valence-electron chi connectivity index (χ2n) is 7.34. The van der Waals surface area contributed by atoms with Gasteiger partial charge in [-0.25, -0.2) is 0 Å². The van der Waals surface area contributed by atoms with Gasteiger partial charge >= 0.3 is 0 Å². The number of pyridine rings is 1. The van der Waals surface area contributed by atoms with E-state index in [1.54, 1.807) is 6.20 Å². The van der Waals surface area contributed by atoms with Gasteiger partial charge in [-0.15, -0.1) is 0 Å². The average molecular weight is 425 g/mol. The Kier molecular flexibility index (Phi) is 5.74.